The average Bonchev–Trinajstić information content (AvgIpc) is 2.51. The fourth-order valence-corrected chi connectivity index (χ4v) is 10.5. The number of hydrogen-bond donors (Lipinski definition) is 9. The Labute approximate surface area is 539 Å². The molecule has 0 aromatic carbocycles. The maximum absolute atomic E-state index is 13.3. The molecule has 0 aromatic heterocycles. The number of unbranched alkanes of at least 4 members (excludes halogenated alkanes) is 22. The van der Waals surface area contributed by atoms with Crippen LogP contribution in [0.4, 0.5) is 0 Å². The van der Waals surface area contributed by atoms with Gasteiger partial charge in [0.05, 0.1) is 32.0 Å². The Kier molecular flexibility index (Phi) is 52.9. The quantitative estimate of drug-likeness (QED) is 0.0204. The summed E-state index contributed by atoms with van der Waals surface area (Å²) in [4.78, 5) is 13.3. The van der Waals surface area contributed by atoms with Gasteiger partial charge in [-0.05, 0) is 109 Å². The molecule has 2 aliphatic rings. The summed E-state index contributed by atoms with van der Waals surface area (Å²) in [5.41, 5.74) is 0. The van der Waals surface area contributed by atoms with Crippen molar-refractivity contribution in [2.75, 3.05) is 19.8 Å². The van der Waals surface area contributed by atoms with Crippen LogP contribution in [0.25, 0.3) is 0 Å². The van der Waals surface area contributed by atoms with Gasteiger partial charge >= 0.3 is 0 Å². The van der Waals surface area contributed by atoms with Crippen LogP contribution in [0.3, 0.4) is 0 Å². The van der Waals surface area contributed by atoms with Crippen LogP contribution in [-0.4, -0.2) is 140 Å². The van der Waals surface area contributed by atoms with Crippen molar-refractivity contribution in [3.05, 3.63) is 134 Å². The Hall–Kier alpha value is -3.87. The summed E-state index contributed by atoms with van der Waals surface area (Å²) in [6.45, 7) is 2.65. The van der Waals surface area contributed by atoms with Crippen molar-refractivity contribution >= 4 is 5.91 Å². The first-order valence-corrected chi connectivity index (χ1v) is 34.9. The normalized spacial score (nSPS) is 23.9. The van der Waals surface area contributed by atoms with E-state index >= 15 is 0 Å². The highest BCUT2D eigenvalue weighted by Crippen LogP contribution is 2.30. The number of hydrogen-bond acceptors (Lipinski definition) is 13. The Morgan fingerprint density at radius 3 is 1.24 bits per heavy atom. The van der Waals surface area contributed by atoms with E-state index in [2.05, 4.69) is 141 Å². The van der Waals surface area contributed by atoms with Gasteiger partial charge in [-0.15, -0.1) is 0 Å². The van der Waals surface area contributed by atoms with E-state index < -0.39 is 86.8 Å². The van der Waals surface area contributed by atoms with Crippen LogP contribution in [0.15, 0.2) is 134 Å². The molecule has 508 valence electrons. The molecular weight excluding hydrogens is 1120 g/mol. The third kappa shape index (κ3) is 42.1. The minimum absolute atomic E-state index is 0.231. The number of carbonyl (C=O) groups excluding carboxylic acids is 1. The van der Waals surface area contributed by atoms with E-state index in [0.717, 1.165) is 103 Å². The molecule has 0 bridgehead atoms. The number of aliphatic hydroxyl groups excluding tert-OH is 8. The van der Waals surface area contributed by atoms with Crippen LogP contribution in [0.2, 0.25) is 0 Å². The van der Waals surface area contributed by atoms with E-state index in [-0.39, 0.29) is 18.9 Å². The smallest absolute Gasteiger partial charge is 0.220 e. The zero-order chi connectivity index (χ0) is 64.5. The van der Waals surface area contributed by atoms with Crippen LogP contribution in [0.1, 0.15) is 239 Å². The first-order valence-electron chi connectivity index (χ1n) is 34.9. The third-order valence-corrected chi connectivity index (χ3v) is 16.0. The van der Waals surface area contributed by atoms with E-state index in [1.807, 2.05) is 6.08 Å². The molecule has 2 rings (SSSR count). The fraction of sp³-hybridized carbons (Fsp3) is 0.693. The predicted molar refractivity (Wildman–Crippen MR) is 364 cm³/mol. The monoisotopic (exact) mass is 1250 g/mol. The van der Waals surface area contributed by atoms with Crippen molar-refractivity contribution in [2.24, 2.45) is 0 Å². The summed E-state index contributed by atoms with van der Waals surface area (Å²) >= 11 is 0. The van der Waals surface area contributed by atoms with Crippen LogP contribution < -0.4 is 5.32 Å². The summed E-state index contributed by atoms with van der Waals surface area (Å²) in [6, 6.07) is -0.964. The maximum Gasteiger partial charge on any atom is 0.220 e. The second-order valence-corrected chi connectivity index (χ2v) is 23.9. The first-order chi connectivity index (χ1) is 43.6. The number of rotatable bonds is 55. The highest BCUT2D eigenvalue weighted by Gasteiger charge is 2.51. The number of carbonyl (C=O) groups is 1. The van der Waals surface area contributed by atoms with Crippen molar-refractivity contribution in [1.29, 1.82) is 0 Å². The fourth-order valence-electron chi connectivity index (χ4n) is 10.5. The van der Waals surface area contributed by atoms with Crippen molar-refractivity contribution in [1.82, 2.24) is 5.32 Å². The zero-order valence-corrected chi connectivity index (χ0v) is 55.1. The van der Waals surface area contributed by atoms with Gasteiger partial charge in [-0.3, -0.25) is 4.79 Å². The first kappa shape index (κ1) is 81.2. The van der Waals surface area contributed by atoms with Crippen molar-refractivity contribution in [3.63, 3.8) is 0 Å². The molecule has 0 radical (unpaired) electrons. The molecule has 0 aromatic rings. The number of allylic oxidation sites excluding steroid dienone is 21. The molecule has 2 heterocycles. The molecule has 0 aliphatic carbocycles. The molecule has 2 fully saturated rings. The second kappa shape index (κ2) is 58.0. The van der Waals surface area contributed by atoms with Gasteiger partial charge in [0.25, 0.3) is 0 Å². The van der Waals surface area contributed by atoms with E-state index in [1.165, 1.54) is 103 Å². The SMILES string of the molecule is CC/C=C\C/C=C\C/C=C\C/C=C\C/C=C\C/C=C\C/C=C\C/C=C\CCCCCCC(=O)NC(COC1OC(CO)C(OC2OC(CO)C(O)C(O)C2O)C(O)C1O)C(O)/C=C/CC/C=C/CC/C=C/CCCCCCCCCCCCCCCCCC. The summed E-state index contributed by atoms with van der Waals surface area (Å²) < 4.78 is 22.8. The lowest BCUT2D eigenvalue weighted by atomic mass is 9.97. The summed E-state index contributed by atoms with van der Waals surface area (Å²) in [5, 5.41) is 87.4. The summed E-state index contributed by atoms with van der Waals surface area (Å²) in [6.07, 6.45) is 69.3. The maximum atomic E-state index is 13.3. The molecule has 9 N–H and O–H groups in total. The van der Waals surface area contributed by atoms with Gasteiger partial charge in [0, 0.05) is 6.42 Å². The standard InChI is InChI=1S/C75H125NO13/c1-3-5-7-9-11-13-15-17-19-21-23-25-27-29-31-32-33-35-37-39-41-43-45-47-49-51-53-55-57-59-67(80)76-63(62-86-74-72(85)70(83)73(66(61-78)88-74)89-75-71(84)69(82)68(81)65(60-77)87-75)64(79)58-56-54-52-50-48-46-44-42-40-38-36-34-30-28-26-24-22-20-18-16-14-12-10-8-6-4-2/h5,7,11,13,17,19,23,25,29,31,33,35,39-42,45,47-48,50,56,58,63-66,68-75,77-79,81-85H,3-4,6,8-10,12,14-16,18,20-22,24,26-28,30,32,34,36-38,43-44,46,49,51-55,57,59-62H2,1-2H3,(H,76,80)/b7-5-,13-11-,19-17-,25-23-,31-29-,35-33-,41-39-,42-40+,47-45-,50-48+,58-56+. The Morgan fingerprint density at radius 1 is 0.416 bits per heavy atom. The van der Waals surface area contributed by atoms with E-state index in [1.54, 1.807) is 6.08 Å². The number of ether oxygens (including phenoxy) is 4. The Balaban J connectivity index is 1.75. The molecule has 12 unspecified atom stereocenters. The molecule has 14 nitrogen and oxygen atoms in total. The number of amides is 1. The largest absolute Gasteiger partial charge is 0.394 e. The van der Waals surface area contributed by atoms with Gasteiger partial charge in [0.1, 0.15) is 48.8 Å². The van der Waals surface area contributed by atoms with Gasteiger partial charge in [0.15, 0.2) is 12.6 Å². The van der Waals surface area contributed by atoms with Crippen LogP contribution in [0, 0.1) is 0 Å². The zero-order valence-electron chi connectivity index (χ0n) is 55.1. The molecule has 2 aliphatic heterocycles. The van der Waals surface area contributed by atoms with E-state index in [4.69, 9.17) is 18.9 Å². The molecule has 14 heteroatoms. The van der Waals surface area contributed by atoms with Gasteiger partial charge in [-0.2, -0.15) is 0 Å². The summed E-state index contributed by atoms with van der Waals surface area (Å²) in [5.74, 6) is -0.282. The van der Waals surface area contributed by atoms with Gasteiger partial charge in [0.2, 0.25) is 5.91 Å². The third-order valence-electron chi connectivity index (χ3n) is 16.0. The van der Waals surface area contributed by atoms with Crippen LogP contribution >= 0.6 is 0 Å². The lowest BCUT2D eigenvalue weighted by Gasteiger charge is -2.46. The molecule has 12 atom stereocenters. The van der Waals surface area contributed by atoms with Crippen molar-refractivity contribution < 1.29 is 64.6 Å². The lowest BCUT2D eigenvalue weighted by molar-refractivity contribution is -0.359. The second-order valence-electron chi connectivity index (χ2n) is 23.9. The Morgan fingerprint density at radius 2 is 0.787 bits per heavy atom. The molecule has 1 amide bonds. The van der Waals surface area contributed by atoms with Crippen molar-refractivity contribution in [3.8, 4) is 0 Å². The molecule has 0 saturated carbocycles. The summed E-state index contributed by atoms with van der Waals surface area (Å²) in [7, 11) is 0. The van der Waals surface area contributed by atoms with Crippen molar-refractivity contribution in [2.45, 2.75) is 312 Å². The van der Waals surface area contributed by atoms with E-state index in [9.17, 15) is 45.6 Å². The van der Waals surface area contributed by atoms with E-state index in [0.29, 0.717) is 12.8 Å². The minimum atomic E-state index is -1.80. The van der Waals surface area contributed by atoms with Gasteiger partial charge in [-0.1, -0.05) is 257 Å². The number of nitrogens with one attached hydrogen (secondary N) is 1. The highest BCUT2D eigenvalue weighted by molar-refractivity contribution is 5.76. The van der Waals surface area contributed by atoms with Crippen LogP contribution in [0.5, 0.6) is 0 Å². The van der Waals surface area contributed by atoms with Gasteiger partial charge in [-0.25, -0.2) is 0 Å². The molecule has 89 heavy (non-hydrogen) atoms. The molecular formula is C75H125NO13. The Bertz CT molecular complexity index is 2010. The molecule has 0 spiro atoms. The lowest BCUT2D eigenvalue weighted by Crippen LogP contribution is -2.65. The van der Waals surface area contributed by atoms with Gasteiger partial charge < -0.3 is 65.1 Å². The molecule has 2 saturated heterocycles. The predicted octanol–water partition coefficient (Wildman–Crippen LogP) is 14.3. The topological polar surface area (TPSA) is 228 Å². The van der Waals surface area contributed by atoms with Crippen LogP contribution in [-0.2, 0) is 23.7 Å². The highest BCUT2D eigenvalue weighted by atomic mass is 16.7. The number of aliphatic hydroxyl groups is 8. The minimum Gasteiger partial charge on any atom is -0.394 e. The average molecular weight is 1250 g/mol.